The predicted molar refractivity (Wildman–Crippen MR) is 81.1 cm³/mol. The summed E-state index contributed by atoms with van der Waals surface area (Å²) >= 11 is 11.0. The number of alkyl halides is 1. The van der Waals surface area contributed by atoms with Crippen molar-refractivity contribution in [3.8, 4) is 5.75 Å². The van der Waals surface area contributed by atoms with Crippen molar-refractivity contribution in [3.05, 3.63) is 51.7 Å². The molecule has 2 aromatic heterocycles. The largest absolute Gasteiger partial charge is 0.486 e. The molecule has 0 bridgehead atoms. The molecule has 0 radical (unpaired) electrons. The van der Waals surface area contributed by atoms with Gasteiger partial charge in [0.25, 0.3) is 0 Å². The van der Waals surface area contributed by atoms with Gasteiger partial charge in [-0.3, -0.25) is 4.40 Å². The third kappa shape index (κ3) is 2.63. The standard InChI is InChI=1S/C13H10BrClN2OS/c14-11-3-1-2-9(6-15)12(11)18-8-10-7-17-4-5-19-13(17)16-10/h1-5,7H,6,8H2. The van der Waals surface area contributed by atoms with Gasteiger partial charge in [0, 0.05) is 23.3 Å². The van der Waals surface area contributed by atoms with Crippen LogP contribution in [0.2, 0.25) is 0 Å². The van der Waals surface area contributed by atoms with Gasteiger partial charge in [0.15, 0.2) is 4.96 Å². The molecule has 0 spiro atoms. The van der Waals surface area contributed by atoms with E-state index in [1.807, 2.05) is 40.4 Å². The number of benzene rings is 1. The molecule has 0 saturated carbocycles. The van der Waals surface area contributed by atoms with Gasteiger partial charge in [-0.1, -0.05) is 12.1 Å². The Morgan fingerprint density at radius 1 is 1.42 bits per heavy atom. The Labute approximate surface area is 127 Å². The van der Waals surface area contributed by atoms with Gasteiger partial charge in [0.2, 0.25) is 0 Å². The lowest BCUT2D eigenvalue weighted by Crippen LogP contribution is -1.99. The summed E-state index contributed by atoms with van der Waals surface area (Å²) in [5, 5.41) is 2.01. The monoisotopic (exact) mass is 356 g/mol. The lowest BCUT2D eigenvalue weighted by atomic mass is 10.2. The first-order valence-corrected chi connectivity index (χ1v) is 7.86. The van der Waals surface area contributed by atoms with Gasteiger partial charge in [-0.2, -0.15) is 0 Å². The van der Waals surface area contributed by atoms with Crippen LogP contribution in [0.3, 0.4) is 0 Å². The summed E-state index contributed by atoms with van der Waals surface area (Å²) < 4.78 is 8.74. The van der Waals surface area contributed by atoms with Gasteiger partial charge in [-0.05, 0) is 22.0 Å². The fourth-order valence-corrected chi connectivity index (χ4v) is 3.26. The SMILES string of the molecule is ClCc1cccc(Br)c1OCc1cn2ccsc2n1. The van der Waals surface area contributed by atoms with Crippen LogP contribution in [0.15, 0.2) is 40.4 Å². The summed E-state index contributed by atoms with van der Waals surface area (Å²) in [4.78, 5) is 5.46. The molecule has 1 aromatic carbocycles. The Morgan fingerprint density at radius 2 is 2.32 bits per heavy atom. The van der Waals surface area contributed by atoms with E-state index in [9.17, 15) is 0 Å². The van der Waals surface area contributed by atoms with E-state index in [1.54, 1.807) is 11.3 Å². The zero-order chi connectivity index (χ0) is 13.2. The number of imidazole rings is 1. The van der Waals surface area contributed by atoms with Crippen LogP contribution in [0.4, 0.5) is 0 Å². The van der Waals surface area contributed by atoms with Crippen molar-refractivity contribution >= 4 is 43.8 Å². The van der Waals surface area contributed by atoms with E-state index in [1.165, 1.54) is 0 Å². The smallest absolute Gasteiger partial charge is 0.193 e. The highest BCUT2D eigenvalue weighted by atomic mass is 79.9. The average Bonchev–Trinajstić information content (AvgIpc) is 2.97. The van der Waals surface area contributed by atoms with Crippen LogP contribution in [0.1, 0.15) is 11.3 Å². The molecule has 0 N–H and O–H groups in total. The number of fused-ring (bicyclic) bond motifs is 1. The topological polar surface area (TPSA) is 26.5 Å². The quantitative estimate of drug-likeness (QED) is 0.644. The van der Waals surface area contributed by atoms with Crippen LogP contribution in [0.5, 0.6) is 5.75 Å². The fraction of sp³-hybridized carbons (Fsp3) is 0.154. The number of aromatic nitrogens is 2. The number of halogens is 2. The van der Waals surface area contributed by atoms with Crippen molar-refractivity contribution in [3.63, 3.8) is 0 Å². The Bertz CT molecular complexity index is 681. The van der Waals surface area contributed by atoms with Gasteiger partial charge in [0.05, 0.1) is 16.0 Å². The highest BCUT2D eigenvalue weighted by Gasteiger charge is 2.09. The number of ether oxygens (including phenoxy) is 1. The van der Waals surface area contributed by atoms with Gasteiger partial charge in [-0.15, -0.1) is 22.9 Å². The van der Waals surface area contributed by atoms with Crippen molar-refractivity contribution in [1.82, 2.24) is 9.38 Å². The molecule has 0 saturated heterocycles. The molecular formula is C13H10BrClN2OS. The number of nitrogens with zero attached hydrogens (tertiary/aromatic N) is 2. The third-order valence-electron chi connectivity index (χ3n) is 2.70. The highest BCUT2D eigenvalue weighted by molar-refractivity contribution is 9.10. The molecule has 2 heterocycles. The summed E-state index contributed by atoms with van der Waals surface area (Å²) in [6.45, 7) is 0.431. The van der Waals surface area contributed by atoms with E-state index in [0.29, 0.717) is 12.5 Å². The maximum Gasteiger partial charge on any atom is 0.193 e. The van der Waals surface area contributed by atoms with E-state index in [4.69, 9.17) is 16.3 Å². The Hall–Kier alpha value is -1.04. The number of hydrogen-bond acceptors (Lipinski definition) is 3. The minimum Gasteiger partial charge on any atom is -0.486 e. The fourth-order valence-electron chi connectivity index (χ4n) is 1.81. The molecule has 0 atom stereocenters. The number of thiazole rings is 1. The molecule has 19 heavy (non-hydrogen) atoms. The Kier molecular flexibility index (Phi) is 3.77. The molecular weight excluding hydrogens is 348 g/mol. The third-order valence-corrected chi connectivity index (χ3v) is 4.38. The molecule has 0 amide bonds. The summed E-state index contributed by atoms with van der Waals surface area (Å²) in [6, 6.07) is 5.84. The Balaban J connectivity index is 1.80. The maximum atomic E-state index is 5.91. The second-order valence-corrected chi connectivity index (χ2v) is 5.97. The first-order chi connectivity index (χ1) is 9.28. The van der Waals surface area contributed by atoms with Crippen LogP contribution >= 0.6 is 38.9 Å². The van der Waals surface area contributed by atoms with Crippen LogP contribution in [-0.2, 0) is 12.5 Å². The minimum atomic E-state index is 0.424. The second-order valence-electron chi connectivity index (χ2n) is 3.98. The molecule has 3 nitrogen and oxygen atoms in total. The van der Waals surface area contributed by atoms with E-state index in [0.717, 1.165) is 26.4 Å². The van der Waals surface area contributed by atoms with Crippen molar-refractivity contribution in [2.45, 2.75) is 12.5 Å². The van der Waals surface area contributed by atoms with Gasteiger partial charge >= 0.3 is 0 Å². The van der Waals surface area contributed by atoms with Gasteiger partial charge in [-0.25, -0.2) is 4.98 Å². The maximum absolute atomic E-state index is 5.91. The van der Waals surface area contributed by atoms with Crippen LogP contribution in [-0.4, -0.2) is 9.38 Å². The molecule has 0 aliphatic carbocycles. The minimum absolute atomic E-state index is 0.424. The molecule has 3 rings (SSSR count). The molecule has 0 aliphatic rings. The van der Waals surface area contributed by atoms with E-state index in [-0.39, 0.29) is 0 Å². The molecule has 3 aromatic rings. The van der Waals surface area contributed by atoms with Crippen LogP contribution in [0.25, 0.3) is 4.96 Å². The molecule has 0 aliphatic heterocycles. The molecule has 0 fully saturated rings. The van der Waals surface area contributed by atoms with E-state index < -0.39 is 0 Å². The van der Waals surface area contributed by atoms with Crippen LogP contribution in [0, 0.1) is 0 Å². The highest BCUT2D eigenvalue weighted by Crippen LogP contribution is 2.30. The first-order valence-electron chi connectivity index (χ1n) is 5.65. The number of hydrogen-bond donors (Lipinski definition) is 0. The predicted octanol–water partition coefficient (Wildman–Crippen LogP) is 4.48. The summed E-state index contributed by atoms with van der Waals surface area (Å²) in [7, 11) is 0. The second kappa shape index (κ2) is 5.53. The van der Waals surface area contributed by atoms with Crippen molar-refractivity contribution in [2.24, 2.45) is 0 Å². The van der Waals surface area contributed by atoms with Crippen molar-refractivity contribution in [2.75, 3.05) is 0 Å². The normalized spacial score (nSPS) is 11.1. The summed E-state index contributed by atoms with van der Waals surface area (Å²) in [6.07, 6.45) is 3.96. The average molecular weight is 358 g/mol. The summed E-state index contributed by atoms with van der Waals surface area (Å²) in [5.74, 6) is 1.21. The number of rotatable bonds is 4. The van der Waals surface area contributed by atoms with Gasteiger partial charge < -0.3 is 4.74 Å². The lowest BCUT2D eigenvalue weighted by Gasteiger charge is -2.10. The van der Waals surface area contributed by atoms with Crippen molar-refractivity contribution < 1.29 is 4.74 Å². The van der Waals surface area contributed by atoms with Crippen LogP contribution < -0.4 is 4.74 Å². The summed E-state index contributed by atoms with van der Waals surface area (Å²) in [5.41, 5.74) is 1.88. The zero-order valence-electron chi connectivity index (χ0n) is 9.85. The molecule has 0 unspecified atom stereocenters. The first kappa shape index (κ1) is 13.0. The molecule has 98 valence electrons. The lowest BCUT2D eigenvalue weighted by molar-refractivity contribution is 0.298. The van der Waals surface area contributed by atoms with Crippen molar-refractivity contribution in [1.29, 1.82) is 0 Å². The zero-order valence-corrected chi connectivity index (χ0v) is 13.0. The Morgan fingerprint density at radius 3 is 3.11 bits per heavy atom. The van der Waals surface area contributed by atoms with E-state index >= 15 is 0 Å². The van der Waals surface area contributed by atoms with E-state index in [2.05, 4.69) is 20.9 Å². The molecule has 6 heteroatoms. The van der Waals surface area contributed by atoms with Gasteiger partial charge in [0.1, 0.15) is 12.4 Å². The number of para-hydroxylation sites is 1.